The second kappa shape index (κ2) is 31.2. The van der Waals surface area contributed by atoms with Gasteiger partial charge < -0.3 is 13.9 Å². The Labute approximate surface area is 721 Å². The molecule has 8 heteroatoms. The molecule has 15 aromatic carbocycles. The van der Waals surface area contributed by atoms with Gasteiger partial charge >= 0.3 is 0 Å². The number of aromatic nitrogens is 6. The van der Waals surface area contributed by atoms with Gasteiger partial charge in [-0.3, -0.25) is 9.55 Å². The largest absolute Gasteiger partial charge is 0.468 e. The third kappa shape index (κ3) is 12.6. The van der Waals surface area contributed by atoms with Gasteiger partial charge in [-0.25, -0.2) is 15.0 Å². The molecule has 0 spiro atoms. The molecule has 0 atom stereocenters. The van der Waals surface area contributed by atoms with Crippen molar-refractivity contribution in [3.63, 3.8) is 0 Å². The first-order valence-electron chi connectivity index (χ1n) is 42.3. The maximum Gasteiger partial charge on any atom is 0.234 e. The van der Waals surface area contributed by atoms with Crippen LogP contribution in [-0.4, -0.2) is 29.1 Å². The summed E-state index contributed by atoms with van der Waals surface area (Å²) in [6, 6.07) is 151. The number of nitrogens with zero attached hydrogens (tertiary/aromatic N) is 7. The quantitative estimate of drug-likeness (QED) is 0.136. The zero-order chi connectivity index (χ0) is 82.7. The molecular weight excluding hydrogens is 1510 g/mol. The van der Waals surface area contributed by atoms with E-state index < -0.39 is 5.41 Å². The van der Waals surface area contributed by atoms with Crippen LogP contribution >= 0.6 is 0 Å². The number of para-hydroxylation sites is 5. The van der Waals surface area contributed by atoms with Crippen molar-refractivity contribution in [2.24, 2.45) is 0 Å². The number of hydrogen-bond donors (Lipinski definition) is 0. The molecule has 7 heterocycles. The summed E-state index contributed by atoms with van der Waals surface area (Å²) in [4.78, 5) is 22.4. The summed E-state index contributed by atoms with van der Waals surface area (Å²) in [7, 11) is 0. The minimum Gasteiger partial charge on any atom is -0.468 e. The number of rotatable bonds is 10. The van der Waals surface area contributed by atoms with Crippen LogP contribution in [0.2, 0.25) is 0 Å². The van der Waals surface area contributed by atoms with Crippen molar-refractivity contribution in [2.45, 2.75) is 24.7 Å². The molecule has 21 aromatic rings. The Hall–Kier alpha value is -16.2. The van der Waals surface area contributed by atoms with E-state index in [1.165, 1.54) is 100 Å². The summed E-state index contributed by atoms with van der Waals surface area (Å²) in [6.45, 7) is 4.53. The van der Waals surface area contributed by atoms with Crippen LogP contribution in [0.25, 0.3) is 156 Å². The van der Waals surface area contributed by atoms with Gasteiger partial charge in [-0.1, -0.05) is 358 Å². The second-order valence-corrected chi connectivity index (χ2v) is 32.3. The molecule has 2 aliphatic carbocycles. The monoisotopic (exact) mass is 1590 g/mol. The molecule has 0 unspecified atom stereocenters. The van der Waals surface area contributed by atoms with E-state index in [-0.39, 0.29) is 5.41 Å². The summed E-state index contributed by atoms with van der Waals surface area (Å²) >= 11 is 0. The van der Waals surface area contributed by atoms with E-state index in [4.69, 9.17) is 19.4 Å². The topological polar surface area (TPSA) is 77.8 Å². The van der Waals surface area contributed by atoms with Gasteiger partial charge in [-0.15, -0.1) is 0 Å². The van der Waals surface area contributed by atoms with E-state index in [2.05, 4.69) is 446 Å². The van der Waals surface area contributed by atoms with Crippen LogP contribution in [0.3, 0.4) is 0 Å². The standard InChI is InChI=1S/C43H29N3.C39H27N3.C34H25NO/c1-4-16-30(17-5-1)41-36-25-13-15-27-40(36)44-42(45-41)46-28-37-34-23-11-10-22-33(34)35-24-12-14-26-38(35)43(39(37)29-46,31-18-6-2-7-19-31)32-20-8-3-9-21-32;1-4-15-28(16-5-1)36-37-32-22-10-12-24-34(32)41(30-19-8-3-9-20-30)35-25-13-11-23-33(35)39(37)42(31-21-14-26-40-27-31)38(36)29-17-6-2-7-18-29;1-34(2)30-21-23(15-17-27(30)25-11-5-6-12-26(25)29-19-20-36-33(29)34)24-10-4-7-13-28(24)32-18-16-22-9-3-8-14-31(22)35-32/h1-29H;1-27H;3-21H,1-2H3. The number of fused-ring (bicyclic) bond motifs is 17. The molecule has 0 radical (unpaired) electrons. The lowest BCUT2D eigenvalue weighted by Crippen LogP contribution is -2.31. The number of anilines is 3. The molecule has 0 N–H and O–H groups in total. The van der Waals surface area contributed by atoms with E-state index in [0.717, 1.165) is 101 Å². The Balaban J connectivity index is 0.000000111. The van der Waals surface area contributed by atoms with E-state index in [9.17, 15) is 0 Å². The van der Waals surface area contributed by atoms with Crippen LogP contribution in [0, 0.1) is 0 Å². The zero-order valence-corrected chi connectivity index (χ0v) is 68.3. The second-order valence-electron chi connectivity index (χ2n) is 32.3. The van der Waals surface area contributed by atoms with Crippen molar-refractivity contribution >= 4 is 38.9 Å². The third-order valence-corrected chi connectivity index (χ3v) is 24.9. The number of pyridine rings is 2. The first kappa shape index (κ1) is 74.2. The van der Waals surface area contributed by atoms with Crippen molar-refractivity contribution in [1.82, 2.24) is 29.1 Å². The highest BCUT2D eigenvalue weighted by Gasteiger charge is 2.46. The lowest BCUT2D eigenvalue weighted by molar-refractivity contribution is 0.432. The molecular formula is C116H81N7O. The molecule has 24 rings (SSSR count). The van der Waals surface area contributed by atoms with E-state index >= 15 is 0 Å². The Bertz CT molecular complexity index is 7420. The van der Waals surface area contributed by atoms with Crippen LogP contribution < -0.4 is 4.90 Å². The Morgan fingerprint density at radius 3 is 1.49 bits per heavy atom. The van der Waals surface area contributed by atoms with Crippen LogP contribution in [0.1, 0.15) is 47.4 Å². The molecule has 124 heavy (non-hydrogen) atoms. The van der Waals surface area contributed by atoms with Gasteiger partial charge in [0.15, 0.2) is 0 Å². The van der Waals surface area contributed by atoms with Gasteiger partial charge in [0.1, 0.15) is 5.76 Å². The highest BCUT2D eigenvalue weighted by molar-refractivity contribution is 6.11. The van der Waals surface area contributed by atoms with E-state index in [1.54, 1.807) is 0 Å². The zero-order valence-electron chi connectivity index (χ0n) is 68.3. The number of furan rings is 1. The minimum atomic E-state index is -0.599. The SMILES string of the molecule is CC1(C)c2cc(-c3ccccc3-c3ccc4ccccc4n3)ccc2-c2ccccc2-c2ccoc21.c1ccc(-c2c3c(n(-c4cccnc4)c2-c2ccccc2)-c2ccccc2N(c2ccccc2)c2ccccc2-3)cc1.c1ccc(-c2nc(-n3cc4c(c3)C(c3ccccc3)(c3ccccc3)c3ccccc3-c3ccccc3-4)nc3ccccc23)cc1. The predicted molar refractivity (Wildman–Crippen MR) is 508 cm³/mol. The minimum absolute atomic E-state index is 0.292. The Morgan fingerprint density at radius 1 is 0.306 bits per heavy atom. The maximum atomic E-state index is 6.13. The summed E-state index contributed by atoms with van der Waals surface area (Å²) < 4.78 is 10.7. The van der Waals surface area contributed by atoms with Crippen LogP contribution in [-0.2, 0) is 10.8 Å². The highest BCUT2D eigenvalue weighted by Crippen LogP contribution is 2.60. The van der Waals surface area contributed by atoms with E-state index in [0.29, 0.717) is 5.95 Å². The lowest BCUT2D eigenvalue weighted by Gasteiger charge is -2.37. The molecule has 586 valence electrons. The Kier molecular flexibility index (Phi) is 18.7. The summed E-state index contributed by atoms with van der Waals surface area (Å²) in [5.74, 6) is 1.65. The fourth-order valence-electron chi connectivity index (χ4n) is 19.4. The summed E-state index contributed by atoms with van der Waals surface area (Å²) in [6.07, 6.45) is 10.1. The molecule has 0 saturated heterocycles. The van der Waals surface area contributed by atoms with Gasteiger partial charge in [0, 0.05) is 85.0 Å². The van der Waals surface area contributed by atoms with Gasteiger partial charge in [-0.2, -0.15) is 0 Å². The first-order valence-corrected chi connectivity index (χ1v) is 42.3. The molecule has 0 amide bonds. The summed E-state index contributed by atoms with van der Waals surface area (Å²) in [5, 5.41) is 2.19. The smallest absolute Gasteiger partial charge is 0.234 e. The average Bonchev–Trinajstić information content (AvgIpc) is 1.54. The van der Waals surface area contributed by atoms with E-state index in [1.807, 2.05) is 42.9 Å². The van der Waals surface area contributed by atoms with Crippen molar-refractivity contribution in [3.8, 4) is 135 Å². The molecule has 3 aliphatic rings. The van der Waals surface area contributed by atoms with Gasteiger partial charge in [0.2, 0.25) is 5.95 Å². The fourth-order valence-corrected chi connectivity index (χ4v) is 19.4. The molecule has 1 aliphatic heterocycles. The lowest BCUT2D eigenvalue weighted by atomic mass is 9.64. The first-order chi connectivity index (χ1) is 61.3. The van der Waals surface area contributed by atoms with Crippen LogP contribution in [0.5, 0.6) is 0 Å². The van der Waals surface area contributed by atoms with Crippen LogP contribution in [0.15, 0.2) is 460 Å². The van der Waals surface area contributed by atoms with Crippen molar-refractivity contribution < 1.29 is 4.42 Å². The third-order valence-electron chi connectivity index (χ3n) is 24.9. The van der Waals surface area contributed by atoms with Gasteiger partial charge in [-0.05, 0) is 164 Å². The molecule has 0 saturated carbocycles. The van der Waals surface area contributed by atoms with Crippen molar-refractivity contribution in [3.05, 3.63) is 489 Å². The molecule has 6 aromatic heterocycles. The Morgan fingerprint density at radius 2 is 0.823 bits per heavy atom. The molecule has 0 fully saturated rings. The average molecular weight is 1590 g/mol. The van der Waals surface area contributed by atoms with Crippen molar-refractivity contribution in [1.29, 1.82) is 0 Å². The molecule has 0 bridgehead atoms. The van der Waals surface area contributed by atoms with Gasteiger partial charge in [0.05, 0.1) is 68.7 Å². The number of benzene rings is 15. The predicted octanol–water partition coefficient (Wildman–Crippen LogP) is 29.6. The maximum absolute atomic E-state index is 6.13. The summed E-state index contributed by atoms with van der Waals surface area (Å²) in [5.41, 5.74) is 37.2. The van der Waals surface area contributed by atoms with Crippen molar-refractivity contribution in [2.75, 3.05) is 4.90 Å². The normalized spacial score (nSPS) is 12.7. The highest BCUT2D eigenvalue weighted by atomic mass is 16.3. The van der Waals surface area contributed by atoms with Gasteiger partial charge in [0.25, 0.3) is 0 Å². The number of hydrogen-bond acceptors (Lipinski definition) is 6. The van der Waals surface area contributed by atoms with Crippen LogP contribution in [0.4, 0.5) is 17.1 Å². The molecule has 8 nitrogen and oxygen atoms in total. The fraction of sp³-hybridized carbons (Fsp3) is 0.0345.